The van der Waals surface area contributed by atoms with Crippen molar-refractivity contribution in [1.82, 2.24) is 4.90 Å². The minimum absolute atomic E-state index is 0.0653. The lowest BCUT2D eigenvalue weighted by atomic mass is 10.1. The van der Waals surface area contributed by atoms with Crippen molar-refractivity contribution in [3.05, 3.63) is 34.3 Å². The Hall–Kier alpha value is -0.380. The highest BCUT2D eigenvalue weighted by atomic mass is 79.9. The zero-order chi connectivity index (χ0) is 9.84. The average molecular weight is 244 g/mol. The standard InChI is InChI=1S/C10H14BrNO/c1-12(2)10(7-13)8-5-3-4-6-9(8)11/h3-6,10,13H,7H2,1-2H3. The molecule has 0 spiro atoms. The maximum Gasteiger partial charge on any atom is 0.0628 e. The summed E-state index contributed by atoms with van der Waals surface area (Å²) < 4.78 is 1.04. The Morgan fingerprint density at radius 1 is 1.38 bits per heavy atom. The van der Waals surface area contributed by atoms with Crippen LogP contribution in [0.3, 0.4) is 0 Å². The Balaban J connectivity index is 2.97. The van der Waals surface area contributed by atoms with Crippen LogP contribution in [0.25, 0.3) is 0 Å². The van der Waals surface area contributed by atoms with Gasteiger partial charge in [0.15, 0.2) is 0 Å². The van der Waals surface area contributed by atoms with Crippen molar-refractivity contribution in [2.24, 2.45) is 0 Å². The number of aliphatic hydroxyl groups is 1. The maximum absolute atomic E-state index is 9.21. The van der Waals surface area contributed by atoms with Crippen molar-refractivity contribution < 1.29 is 5.11 Å². The summed E-state index contributed by atoms with van der Waals surface area (Å²) in [6.45, 7) is 0.135. The summed E-state index contributed by atoms with van der Waals surface area (Å²) in [5.74, 6) is 0. The number of hydrogen-bond acceptors (Lipinski definition) is 2. The van der Waals surface area contributed by atoms with E-state index in [1.54, 1.807) is 0 Å². The lowest BCUT2D eigenvalue weighted by Gasteiger charge is -2.23. The fourth-order valence-corrected chi connectivity index (χ4v) is 1.83. The first-order valence-electron chi connectivity index (χ1n) is 4.18. The molecule has 1 unspecified atom stereocenters. The van der Waals surface area contributed by atoms with Gasteiger partial charge in [-0.15, -0.1) is 0 Å². The van der Waals surface area contributed by atoms with E-state index in [0.29, 0.717) is 0 Å². The van der Waals surface area contributed by atoms with Crippen LogP contribution in [0.1, 0.15) is 11.6 Å². The van der Waals surface area contributed by atoms with Crippen LogP contribution >= 0.6 is 15.9 Å². The van der Waals surface area contributed by atoms with Gasteiger partial charge in [-0.2, -0.15) is 0 Å². The number of benzene rings is 1. The summed E-state index contributed by atoms with van der Waals surface area (Å²) in [5.41, 5.74) is 1.12. The van der Waals surface area contributed by atoms with Crippen molar-refractivity contribution >= 4 is 15.9 Å². The second kappa shape index (κ2) is 4.74. The van der Waals surface area contributed by atoms with Crippen molar-refractivity contribution in [2.45, 2.75) is 6.04 Å². The zero-order valence-electron chi connectivity index (χ0n) is 7.87. The van der Waals surface area contributed by atoms with E-state index in [-0.39, 0.29) is 12.6 Å². The molecule has 1 aromatic rings. The first kappa shape index (κ1) is 10.7. The molecule has 13 heavy (non-hydrogen) atoms. The molecule has 72 valence electrons. The normalized spacial score (nSPS) is 13.3. The van der Waals surface area contributed by atoms with Crippen LogP contribution in [0.2, 0.25) is 0 Å². The Labute approximate surface area is 87.3 Å². The van der Waals surface area contributed by atoms with E-state index in [4.69, 9.17) is 0 Å². The minimum atomic E-state index is 0.0653. The Kier molecular flexibility index (Phi) is 3.90. The summed E-state index contributed by atoms with van der Waals surface area (Å²) in [6, 6.07) is 8.02. The molecule has 1 rings (SSSR count). The molecule has 3 heteroatoms. The molecule has 0 aliphatic heterocycles. The molecule has 0 saturated heterocycles. The van der Waals surface area contributed by atoms with E-state index in [0.717, 1.165) is 10.0 Å². The van der Waals surface area contributed by atoms with Crippen molar-refractivity contribution in [3.63, 3.8) is 0 Å². The highest BCUT2D eigenvalue weighted by molar-refractivity contribution is 9.10. The van der Waals surface area contributed by atoms with Crippen LogP contribution in [-0.2, 0) is 0 Å². The number of halogens is 1. The van der Waals surface area contributed by atoms with Crippen LogP contribution in [0.4, 0.5) is 0 Å². The third-order valence-corrected chi connectivity index (χ3v) is 2.78. The fraction of sp³-hybridized carbons (Fsp3) is 0.400. The van der Waals surface area contributed by atoms with E-state index in [1.165, 1.54) is 0 Å². The summed E-state index contributed by atoms with van der Waals surface area (Å²) in [4.78, 5) is 2.00. The SMILES string of the molecule is CN(C)C(CO)c1ccccc1Br. The van der Waals surface area contributed by atoms with Gasteiger partial charge in [0.1, 0.15) is 0 Å². The number of nitrogens with zero attached hydrogens (tertiary/aromatic N) is 1. The van der Waals surface area contributed by atoms with Gasteiger partial charge >= 0.3 is 0 Å². The molecule has 1 N–H and O–H groups in total. The van der Waals surface area contributed by atoms with E-state index in [9.17, 15) is 5.11 Å². The first-order chi connectivity index (χ1) is 6.16. The molecule has 0 bridgehead atoms. The van der Waals surface area contributed by atoms with Crippen molar-refractivity contribution in [3.8, 4) is 0 Å². The van der Waals surface area contributed by atoms with E-state index < -0.39 is 0 Å². The second-order valence-corrected chi connectivity index (χ2v) is 4.04. The lowest BCUT2D eigenvalue weighted by Crippen LogP contribution is -2.23. The molecular formula is C10H14BrNO. The molecule has 0 amide bonds. The van der Waals surface area contributed by atoms with E-state index >= 15 is 0 Å². The van der Waals surface area contributed by atoms with Gasteiger partial charge in [0.25, 0.3) is 0 Å². The van der Waals surface area contributed by atoms with Gasteiger partial charge in [-0.25, -0.2) is 0 Å². The molecule has 1 aromatic carbocycles. The summed E-state index contributed by atoms with van der Waals surface area (Å²) in [5, 5.41) is 9.21. The predicted molar refractivity (Wildman–Crippen MR) is 57.7 cm³/mol. The first-order valence-corrected chi connectivity index (χ1v) is 4.98. The molecule has 1 atom stereocenters. The Bertz CT molecular complexity index is 275. The van der Waals surface area contributed by atoms with Crippen LogP contribution < -0.4 is 0 Å². The van der Waals surface area contributed by atoms with Gasteiger partial charge in [-0.1, -0.05) is 34.1 Å². The molecule has 2 nitrogen and oxygen atoms in total. The molecule has 0 radical (unpaired) electrons. The fourth-order valence-electron chi connectivity index (χ4n) is 1.29. The highest BCUT2D eigenvalue weighted by Crippen LogP contribution is 2.25. The number of likely N-dealkylation sites (N-methyl/N-ethyl adjacent to an activating group) is 1. The number of hydrogen-bond donors (Lipinski definition) is 1. The molecule has 0 aliphatic carbocycles. The van der Waals surface area contributed by atoms with Crippen LogP contribution in [0, 0.1) is 0 Å². The molecule has 0 aliphatic rings. The summed E-state index contributed by atoms with van der Waals surface area (Å²) >= 11 is 3.47. The number of rotatable bonds is 3. The van der Waals surface area contributed by atoms with Gasteiger partial charge < -0.3 is 10.0 Å². The van der Waals surface area contributed by atoms with Crippen LogP contribution in [0.15, 0.2) is 28.7 Å². The van der Waals surface area contributed by atoms with E-state index in [2.05, 4.69) is 15.9 Å². The Morgan fingerprint density at radius 2 is 2.00 bits per heavy atom. The molecule has 0 aromatic heterocycles. The van der Waals surface area contributed by atoms with Crippen LogP contribution in [-0.4, -0.2) is 30.7 Å². The monoisotopic (exact) mass is 243 g/mol. The van der Waals surface area contributed by atoms with Gasteiger partial charge in [-0.05, 0) is 25.7 Å². The second-order valence-electron chi connectivity index (χ2n) is 3.18. The van der Waals surface area contributed by atoms with Crippen molar-refractivity contribution in [1.29, 1.82) is 0 Å². The minimum Gasteiger partial charge on any atom is -0.394 e. The zero-order valence-corrected chi connectivity index (χ0v) is 9.45. The summed E-state index contributed by atoms with van der Waals surface area (Å²) in [6.07, 6.45) is 0. The maximum atomic E-state index is 9.21. The quantitative estimate of drug-likeness (QED) is 0.879. The van der Waals surface area contributed by atoms with E-state index in [1.807, 2.05) is 43.3 Å². The largest absolute Gasteiger partial charge is 0.394 e. The topological polar surface area (TPSA) is 23.5 Å². The number of aliphatic hydroxyl groups excluding tert-OH is 1. The summed E-state index contributed by atoms with van der Waals surface area (Å²) in [7, 11) is 3.92. The predicted octanol–water partition coefficient (Wildman–Crippen LogP) is 2.04. The average Bonchev–Trinajstić information content (AvgIpc) is 2.09. The van der Waals surface area contributed by atoms with Gasteiger partial charge in [0.2, 0.25) is 0 Å². The lowest BCUT2D eigenvalue weighted by molar-refractivity contribution is 0.170. The van der Waals surface area contributed by atoms with Crippen LogP contribution in [0.5, 0.6) is 0 Å². The smallest absolute Gasteiger partial charge is 0.0628 e. The molecule has 0 saturated carbocycles. The molecule has 0 fully saturated rings. The van der Waals surface area contributed by atoms with Gasteiger partial charge in [0.05, 0.1) is 12.6 Å². The molecule has 0 heterocycles. The third kappa shape index (κ3) is 2.53. The third-order valence-electron chi connectivity index (χ3n) is 2.06. The van der Waals surface area contributed by atoms with Crippen molar-refractivity contribution in [2.75, 3.05) is 20.7 Å². The van der Waals surface area contributed by atoms with Gasteiger partial charge in [-0.3, -0.25) is 0 Å². The molecular weight excluding hydrogens is 230 g/mol. The Morgan fingerprint density at radius 3 is 2.46 bits per heavy atom. The van der Waals surface area contributed by atoms with Gasteiger partial charge in [0, 0.05) is 4.47 Å². The highest BCUT2D eigenvalue weighted by Gasteiger charge is 2.14.